The van der Waals surface area contributed by atoms with Crippen molar-refractivity contribution in [3.8, 4) is 22.9 Å². The Kier molecular flexibility index (Phi) is 6.69. The van der Waals surface area contributed by atoms with E-state index < -0.39 is 5.82 Å². The van der Waals surface area contributed by atoms with Crippen LogP contribution in [0.25, 0.3) is 22.3 Å². The first-order valence-corrected chi connectivity index (χ1v) is 10.8. The summed E-state index contributed by atoms with van der Waals surface area (Å²) in [5.74, 6) is 0.298. The van der Waals surface area contributed by atoms with E-state index >= 15 is 0 Å². The number of hydrogen-bond acceptors (Lipinski definition) is 6. The summed E-state index contributed by atoms with van der Waals surface area (Å²) in [6.45, 7) is 0. The Balaban J connectivity index is 1.60. The molecule has 0 atom stereocenters. The minimum absolute atomic E-state index is 0.00580. The van der Waals surface area contributed by atoms with Crippen LogP contribution in [0.15, 0.2) is 65.7 Å². The number of rotatable bonds is 7. The van der Waals surface area contributed by atoms with Crippen LogP contribution in [0.4, 0.5) is 14.5 Å². The average Bonchev–Trinajstić information content (AvgIpc) is 2.83. The van der Waals surface area contributed by atoms with Crippen LogP contribution < -0.4 is 14.8 Å². The lowest BCUT2D eigenvalue weighted by Gasteiger charge is -2.12. The first kappa shape index (κ1) is 22.5. The lowest BCUT2D eigenvalue weighted by atomic mass is 10.2. The highest BCUT2D eigenvalue weighted by Crippen LogP contribution is 2.31. The molecule has 1 amide bonds. The van der Waals surface area contributed by atoms with Gasteiger partial charge in [0.1, 0.15) is 28.2 Å². The van der Waals surface area contributed by atoms with Gasteiger partial charge in [-0.3, -0.25) is 4.79 Å². The molecule has 168 valence electrons. The van der Waals surface area contributed by atoms with Gasteiger partial charge < -0.3 is 14.8 Å². The zero-order chi connectivity index (χ0) is 23.4. The van der Waals surface area contributed by atoms with Gasteiger partial charge in [0.05, 0.1) is 31.2 Å². The maximum Gasteiger partial charge on any atom is 0.234 e. The molecular weight excluding hydrogens is 448 g/mol. The quantitative estimate of drug-likeness (QED) is 0.293. The second-order valence-electron chi connectivity index (χ2n) is 6.92. The fraction of sp³-hybridized carbons (Fsp3) is 0.125. The van der Waals surface area contributed by atoms with E-state index in [1.54, 1.807) is 36.4 Å². The molecule has 0 spiro atoms. The van der Waals surface area contributed by atoms with Gasteiger partial charge in [0.2, 0.25) is 5.91 Å². The lowest BCUT2D eigenvalue weighted by Crippen LogP contribution is -2.15. The number of benzene rings is 3. The maximum atomic E-state index is 13.9. The van der Waals surface area contributed by atoms with Crippen LogP contribution in [0.5, 0.6) is 11.5 Å². The SMILES string of the molecule is COc1ccc(OC)c(NC(=O)CSc2nc(-c3ccc(F)cc3)nc3ccc(F)cc23)c1. The number of aromatic nitrogens is 2. The standard InChI is InChI=1S/C24H19F2N3O3S/c1-31-17-8-10-21(32-2)20(12-17)27-22(30)13-33-24-18-11-16(26)7-9-19(18)28-23(29-24)14-3-5-15(25)6-4-14/h3-12H,13H2,1-2H3,(H,27,30). The van der Waals surface area contributed by atoms with Crippen molar-refractivity contribution >= 4 is 34.3 Å². The molecule has 4 aromatic rings. The highest BCUT2D eigenvalue weighted by atomic mass is 32.2. The van der Waals surface area contributed by atoms with Gasteiger partial charge in [0, 0.05) is 17.0 Å². The number of thioether (sulfide) groups is 1. The molecule has 0 saturated heterocycles. The minimum atomic E-state index is -0.437. The molecule has 33 heavy (non-hydrogen) atoms. The summed E-state index contributed by atoms with van der Waals surface area (Å²) in [5.41, 5.74) is 1.59. The average molecular weight is 467 g/mol. The summed E-state index contributed by atoms with van der Waals surface area (Å²) in [7, 11) is 3.03. The highest BCUT2D eigenvalue weighted by molar-refractivity contribution is 8.00. The van der Waals surface area contributed by atoms with E-state index in [1.165, 1.54) is 38.5 Å². The monoisotopic (exact) mass is 467 g/mol. The first-order valence-electron chi connectivity index (χ1n) is 9.85. The second-order valence-corrected chi connectivity index (χ2v) is 7.89. The molecule has 0 unspecified atom stereocenters. The normalized spacial score (nSPS) is 10.8. The predicted octanol–water partition coefficient (Wildman–Crippen LogP) is 5.32. The van der Waals surface area contributed by atoms with Crippen molar-refractivity contribution in [3.63, 3.8) is 0 Å². The molecule has 0 aliphatic heterocycles. The fourth-order valence-electron chi connectivity index (χ4n) is 3.14. The first-order chi connectivity index (χ1) is 16.0. The molecule has 0 aliphatic rings. The highest BCUT2D eigenvalue weighted by Gasteiger charge is 2.14. The van der Waals surface area contributed by atoms with Crippen molar-refractivity contribution < 1.29 is 23.0 Å². The topological polar surface area (TPSA) is 73.3 Å². The molecule has 0 radical (unpaired) electrons. The fourth-order valence-corrected chi connectivity index (χ4v) is 3.95. The van der Waals surface area contributed by atoms with Crippen molar-refractivity contribution in [1.82, 2.24) is 9.97 Å². The number of carbonyl (C=O) groups excluding carboxylic acids is 1. The Morgan fingerprint density at radius 1 is 0.939 bits per heavy atom. The van der Waals surface area contributed by atoms with Crippen LogP contribution in [0, 0.1) is 11.6 Å². The van der Waals surface area contributed by atoms with E-state index in [-0.39, 0.29) is 17.5 Å². The van der Waals surface area contributed by atoms with Crippen molar-refractivity contribution in [2.45, 2.75) is 5.03 Å². The Morgan fingerprint density at radius 2 is 1.70 bits per heavy atom. The number of nitrogens with one attached hydrogen (secondary N) is 1. The molecule has 0 fully saturated rings. The van der Waals surface area contributed by atoms with Crippen molar-refractivity contribution in [1.29, 1.82) is 0 Å². The van der Waals surface area contributed by atoms with Gasteiger partial charge in [-0.2, -0.15) is 0 Å². The molecule has 9 heteroatoms. The van der Waals surface area contributed by atoms with Crippen molar-refractivity contribution in [3.05, 3.63) is 72.3 Å². The number of halogens is 2. The third-order valence-electron chi connectivity index (χ3n) is 4.75. The van der Waals surface area contributed by atoms with Crippen molar-refractivity contribution in [2.75, 3.05) is 25.3 Å². The van der Waals surface area contributed by atoms with Gasteiger partial charge >= 0.3 is 0 Å². The summed E-state index contributed by atoms with van der Waals surface area (Å²) in [6, 6.07) is 15.0. The summed E-state index contributed by atoms with van der Waals surface area (Å²) < 4.78 is 37.7. The Bertz CT molecular complexity index is 1320. The van der Waals surface area contributed by atoms with Crippen molar-refractivity contribution in [2.24, 2.45) is 0 Å². The van der Waals surface area contributed by atoms with Gasteiger partial charge in [0.25, 0.3) is 0 Å². The molecule has 4 rings (SSSR count). The van der Waals surface area contributed by atoms with Crippen LogP contribution in [0.2, 0.25) is 0 Å². The third-order valence-corrected chi connectivity index (χ3v) is 5.74. The van der Waals surface area contributed by atoms with Gasteiger partial charge in [-0.25, -0.2) is 18.7 Å². The molecule has 0 bridgehead atoms. The number of carbonyl (C=O) groups is 1. The maximum absolute atomic E-state index is 13.9. The van der Waals surface area contributed by atoms with Gasteiger partial charge in [0.15, 0.2) is 5.82 Å². The summed E-state index contributed by atoms with van der Waals surface area (Å²) in [6.07, 6.45) is 0. The molecule has 1 N–H and O–H groups in total. The Hall–Kier alpha value is -3.72. The van der Waals surface area contributed by atoms with Crippen LogP contribution in [0.1, 0.15) is 0 Å². The number of nitrogens with zero attached hydrogens (tertiary/aromatic N) is 2. The molecule has 1 aromatic heterocycles. The Labute approximate surface area is 193 Å². The molecule has 0 aliphatic carbocycles. The van der Waals surface area contributed by atoms with E-state index in [4.69, 9.17) is 9.47 Å². The largest absolute Gasteiger partial charge is 0.497 e. The number of fused-ring (bicyclic) bond motifs is 1. The summed E-state index contributed by atoms with van der Waals surface area (Å²) in [5, 5.41) is 3.72. The van der Waals surface area contributed by atoms with Crippen LogP contribution in [-0.2, 0) is 4.79 Å². The number of anilines is 1. The summed E-state index contributed by atoms with van der Waals surface area (Å²) >= 11 is 1.15. The Morgan fingerprint density at radius 3 is 2.42 bits per heavy atom. The zero-order valence-electron chi connectivity index (χ0n) is 17.8. The number of hydrogen-bond donors (Lipinski definition) is 1. The zero-order valence-corrected chi connectivity index (χ0v) is 18.6. The third kappa shape index (κ3) is 5.20. The van der Waals surface area contributed by atoms with Crippen LogP contribution in [0.3, 0.4) is 0 Å². The smallest absolute Gasteiger partial charge is 0.234 e. The predicted molar refractivity (Wildman–Crippen MR) is 124 cm³/mol. The minimum Gasteiger partial charge on any atom is -0.497 e. The lowest BCUT2D eigenvalue weighted by molar-refractivity contribution is -0.113. The van der Waals surface area contributed by atoms with E-state index in [1.807, 2.05) is 0 Å². The number of ether oxygens (including phenoxy) is 2. The molecule has 1 heterocycles. The second kappa shape index (κ2) is 9.83. The van der Waals surface area contributed by atoms with E-state index in [9.17, 15) is 13.6 Å². The van der Waals surface area contributed by atoms with E-state index in [2.05, 4.69) is 15.3 Å². The number of amides is 1. The van der Waals surface area contributed by atoms with E-state index in [0.717, 1.165) is 11.8 Å². The number of methoxy groups -OCH3 is 2. The van der Waals surface area contributed by atoms with Crippen LogP contribution >= 0.6 is 11.8 Å². The van der Waals surface area contributed by atoms with Crippen LogP contribution in [-0.4, -0.2) is 35.8 Å². The molecule has 0 saturated carbocycles. The van der Waals surface area contributed by atoms with E-state index in [0.29, 0.717) is 44.5 Å². The van der Waals surface area contributed by atoms with Gasteiger partial charge in [-0.1, -0.05) is 11.8 Å². The molecule has 3 aromatic carbocycles. The molecular formula is C24H19F2N3O3S. The van der Waals surface area contributed by atoms with Gasteiger partial charge in [-0.05, 0) is 54.6 Å². The van der Waals surface area contributed by atoms with Gasteiger partial charge in [-0.15, -0.1) is 0 Å². The summed E-state index contributed by atoms with van der Waals surface area (Å²) in [4.78, 5) is 21.7. The molecule has 6 nitrogen and oxygen atoms in total.